The predicted octanol–water partition coefficient (Wildman–Crippen LogP) is 3.26. The molecule has 3 heteroatoms. The molecule has 74 valence electrons. The van der Waals surface area contributed by atoms with Crippen molar-refractivity contribution in [3.05, 3.63) is 33.5 Å². The summed E-state index contributed by atoms with van der Waals surface area (Å²) in [5.74, 6) is 0. The molecular weight excluding hydrogens is 189 g/mol. The molecule has 1 aliphatic rings. The molecule has 0 aromatic carbocycles. The highest BCUT2D eigenvalue weighted by Gasteiger charge is 2.14. The molecule has 0 atom stereocenters. The van der Waals surface area contributed by atoms with Gasteiger partial charge in [0.15, 0.2) is 0 Å². The molecule has 0 spiro atoms. The molecule has 0 radical (unpaired) electrons. The van der Waals surface area contributed by atoms with Crippen LogP contribution < -0.4 is 0 Å². The summed E-state index contributed by atoms with van der Waals surface area (Å²) >= 11 is 1.68. The maximum Gasteiger partial charge on any atom is 0.291 e. The van der Waals surface area contributed by atoms with Gasteiger partial charge in [0.25, 0.3) is 7.41 Å². The van der Waals surface area contributed by atoms with Gasteiger partial charge in [-0.3, -0.25) is 0 Å². The Hall–Kier alpha value is -0.695. The summed E-state index contributed by atoms with van der Waals surface area (Å²) in [5, 5.41) is 2.16. The third-order valence-electron chi connectivity index (χ3n) is 2.17. The Morgan fingerprint density at radius 3 is 2.50 bits per heavy atom. The van der Waals surface area contributed by atoms with Crippen molar-refractivity contribution in [2.24, 2.45) is 4.90 Å². The van der Waals surface area contributed by atoms with Crippen LogP contribution in [0.5, 0.6) is 0 Å². The van der Waals surface area contributed by atoms with Gasteiger partial charge in [-0.25, -0.2) is 0 Å². The number of nitrogens with zero attached hydrogens (tertiary/aromatic N) is 1. The molecule has 0 N–H and O–H groups in total. The van der Waals surface area contributed by atoms with Gasteiger partial charge in [-0.05, 0) is 49.2 Å². The molecule has 1 rings (SSSR count). The summed E-state index contributed by atoms with van der Waals surface area (Å²) in [6.07, 6.45) is 0. The van der Waals surface area contributed by atoms with Gasteiger partial charge < -0.3 is 4.90 Å². The highest BCUT2D eigenvalue weighted by molar-refractivity contribution is 8.05. The van der Waals surface area contributed by atoms with Crippen LogP contribution >= 0.6 is 11.8 Å². The van der Waals surface area contributed by atoms with Crippen LogP contribution in [0.25, 0.3) is 0 Å². The Labute approximate surface area is 91.3 Å². The average molecular weight is 205 g/mol. The second-order valence-corrected chi connectivity index (χ2v) is 4.85. The molecule has 0 amide bonds. The minimum absolute atomic E-state index is 0.865. The van der Waals surface area contributed by atoms with Gasteiger partial charge in [-0.2, -0.15) is 0 Å². The van der Waals surface area contributed by atoms with Gasteiger partial charge in [-0.15, -0.1) is 11.8 Å². The summed E-state index contributed by atoms with van der Waals surface area (Å²) < 4.78 is 0. The fourth-order valence-corrected chi connectivity index (χ4v) is 2.07. The van der Waals surface area contributed by atoms with Gasteiger partial charge >= 0.3 is 0 Å². The monoisotopic (exact) mass is 205 g/mol. The second kappa shape index (κ2) is 4.69. The van der Waals surface area contributed by atoms with E-state index >= 15 is 0 Å². The topological polar surface area (TPSA) is 12.4 Å². The molecule has 1 aliphatic heterocycles. The number of rotatable bonds is 3. The maximum atomic E-state index is 4.42. The first-order valence-corrected chi connectivity index (χ1v) is 5.61. The SMILES string of the molecule is C=C(C)S/C=C(\C)C1=C(C)BN=C1C. The standard InChI is InChI=1S/C11H16BNS/c1-7(2)14-6-8(3)11-9(4)12-13-10(11)5/h6,12H,1H2,2-5H3/b8-6+. The molecular formula is C11H16BNS. The van der Waals surface area contributed by atoms with Crippen molar-refractivity contribution in [1.29, 1.82) is 0 Å². The molecule has 0 aromatic rings. The molecule has 0 bridgehead atoms. The molecule has 0 unspecified atom stereocenters. The zero-order valence-corrected chi connectivity index (χ0v) is 10.2. The van der Waals surface area contributed by atoms with Crippen LogP contribution in [0.2, 0.25) is 0 Å². The zero-order chi connectivity index (χ0) is 10.7. The Bertz CT molecular complexity index is 350. The Kier molecular flexibility index (Phi) is 3.82. The van der Waals surface area contributed by atoms with E-state index in [0.29, 0.717) is 0 Å². The van der Waals surface area contributed by atoms with E-state index in [1.807, 2.05) is 6.92 Å². The van der Waals surface area contributed by atoms with Crippen LogP contribution in [0.3, 0.4) is 0 Å². The van der Waals surface area contributed by atoms with Crippen LogP contribution in [0.4, 0.5) is 0 Å². The number of hydrogen-bond acceptors (Lipinski definition) is 2. The minimum atomic E-state index is 0.865. The van der Waals surface area contributed by atoms with Crippen LogP contribution in [0.15, 0.2) is 38.4 Å². The van der Waals surface area contributed by atoms with Gasteiger partial charge in [0.2, 0.25) is 0 Å². The lowest BCUT2D eigenvalue weighted by Crippen LogP contribution is -1.96. The fraction of sp³-hybridized carbons (Fsp3) is 0.364. The van der Waals surface area contributed by atoms with Crippen molar-refractivity contribution in [3.8, 4) is 0 Å². The Balaban J connectivity index is 2.84. The van der Waals surface area contributed by atoms with Crippen LogP contribution in [-0.4, -0.2) is 13.1 Å². The number of hydrogen-bond donors (Lipinski definition) is 0. The van der Waals surface area contributed by atoms with Crippen LogP contribution in [0.1, 0.15) is 27.7 Å². The van der Waals surface area contributed by atoms with E-state index in [-0.39, 0.29) is 0 Å². The lowest BCUT2D eigenvalue weighted by molar-refractivity contribution is 1.43. The number of allylic oxidation sites excluding steroid dienone is 4. The first-order valence-electron chi connectivity index (χ1n) is 4.73. The van der Waals surface area contributed by atoms with Crippen molar-refractivity contribution >= 4 is 24.9 Å². The molecule has 0 saturated carbocycles. The first-order chi connectivity index (χ1) is 6.52. The van der Waals surface area contributed by atoms with Gasteiger partial charge in [-0.1, -0.05) is 12.1 Å². The van der Waals surface area contributed by atoms with Crippen molar-refractivity contribution in [2.75, 3.05) is 0 Å². The number of thioether (sulfide) groups is 1. The average Bonchev–Trinajstić information content (AvgIpc) is 2.42. The molecule has 14 heavy (non-hydrogen) atoms. The van der Waals surface area contributed by atoms with Gasteiger partial charge in [0, 0.05) is 5.71 Å². The van der Waals surface area contributed by atoms with E-state index in [0.717, 1.165) is 12.3 Å². The summed E-state index contributed by atoms with van der Waals surface area (Å²) in [6.45, 7) is 12.2. The first kappa shape index (κ1) is 11.4. The Morgan fingerprint density at radius 2 is 2.07 bits per heavy atom. The van der Waals surface area contributed by atoms with Crippen LogP contribution in [0, 0.1) is 0 Å². The van der Waals surface area contributed by atoms with Crippen LogP contribution in [-0.2, 0) is 0 Å². The summed E-state index contributed by atoms with van der Waals surface area (Å²) in [6, 6.07) is 0. The summed E-state index contributed by atoms with van der Waals surface area (Å²) in [5.41, 5.74) is 5.17. The molecule has 0 saturated heterocycles. The van der Waals surface area contributed by atoms with E-state index in [2.05, 4.69) is 37.7 Å². The minimum Gasteiger partial charge on any atom is -0.344 e. The smallest absolute Gasteiger partial charge is 0.291 e. The third-order valence-corrected chi connectivity index (χ3v) is 3.05. The zero-order valence-electron chi connectivity index (χ0n) is 9.35. The van der Waals surface area contributed by atoms with E-state index in [1.54, 1.807) is 11.8 Å². The normalized spacial score (nSPS) is 16.9. The molecule has 1 nitrogen and oxygen atoms in total. The van der Waals surface area contributed by atoms with Crippen molar-refractivity contribution in [1.82, 2.24) is 0 Å². The van der Waals surface area contributed by atoms with Crippen molar-refractivity contribution in [2.45, 2.75) is 27.7 Å². The van der Waals surface area contributed by atoms with E-state index in [9.17, 15) is 0 Å². The summed E-state index contributed by atoms with van der Waals surface area (Å²) in [4.78, 5) is 5.54. The highest BCUT2D eigenvalue weighted by atomic mass is 32.2. The molecule has 1 heterocycles. The van der Waals surface area contributed by atoms with Crippen molar-refractivity contribution in [3.63, 3.8) is 0 Å². The van der Waals surface area contributed by atoms with Gasteiger partial charge in [0.1, 0.15) is 0 Å². The quantitative estimate of drug-likeness (QED) is 0.644. The third kappa shape index (κ3) is 2.64. The largest absolute Gasteiger partial charge is 0.344 e. The maximum absolute atomic E-state index is 4.42. The van der Waals surface area contributed by atoms with E-state index in [4.69, 9.17) is 0 Å². The highest BCUT2D eigenvalue weighted by Crippen LogP contribution is 2.25. The predicted molar refractivity (Wildman–Crippen MR) is 69.1 cm³/mol. The lowest BCUT2D eigenvalue weighted by Gasteiger charge is -2.05. The van der Waals surface area contributed by atoms with E-state index in [1.165, 1.54) is 22.3 Å². The fourth-order valence-electron chi connectivity index (χ4n) is 1.57. The molecule has 0 aliphatic carbocycles. The Morgan fingerprint density at radius 1 is 1.43 bits per heavy atom. The lowest BCUT2D eigenvalue weighted by atomic mass is 9.83. The second-order valence-electron chi connectivity index (χ2n) is 3.68. The van der Waals surface area contributed by atoms with Gasteiger partial charge in [0.05, 0.1) is 0 Å². The van der Waals surface area contributed by atoms with E-state index < -0.39 is 0 Å². The molecule has 0 fully saturated rings. The summed E-state index contributed by atoms with van der Waals surface area (Å²) in [7, 11) is 0.865. The molecule has 0 aromatic heterocycles. The van der Waals surface area contributed by atoms with Crippen molar-refractivity contribution < 1.29 is 0 Å².